The Kier molecular flexibility index (Phi) is 5.31. The van der Waals surface area contributed by atoms with E-state index < -0.39 is 0 Å². The maximum absolute atomic E-state index is 13.2. The number of hydrogen-bond donors (Lipinski definition) is 2. The van der Waals surface area contributed by atoms with E-state index in [4.69, 9.17) is 0 Å². The first-order valence-corrected chi connectivity index (χ1v) is 11.0. The summed E-state index contributed by atoms with van der Waals surface area (Å²) in [6, 6.07) is 26.9. The molecule has 5 rings (SSSR count). The fourth-order valence-electron chi connectivity index (χ4n) is 4.66. The Morgan fingerprint density at radius 1 is 1.00 bits per heavy atom. The highest BCUT2D eigenvalue weighted by atomic mass is 16.2. The molecule has 0 bridgehead atoms. The van der Waals surface area contributed by atoms with Gasteiger partial charge in [-0.2, -0.15) is 0 Å². The van der Waals surface area contributed by atoms with E-state index in [0.717, 1.165) is 24.2 Å². The molecule has 1 aromatic heterocycles. The van der Waals surface area contributed by atoms with Crippen LogP contribution in [0.15, 0.2) is 85.1 Å². The molecule has 4 heteroatoms. The van der Waals surface area contributed by atoms with E-state index in [-0.39, 0.29) is 17.9 Å². The van der Waals surface area contributed by atoms with Crippen LogP contribution in [0, 0.1) is 0 Å². The smallest absolute Gasteiger partial charge is 0.243 e. The van der Waals surface area contributed by atoms with Crippen LogP contribution in [0.25, 0.3) is 10.9 Å². The zero-order chi connectivity index (χ0) is 21.2. The van der Waals surface area contributed by atoms with Crippen LogP contribution in [0.4, 0.5) is 5.69 Å². The molecule has 2 N–H and O–H groups in total. The number of amides is 1. The average molecular weight is 410 g/mol. The zero-order valence-electron chi connectivity index (χ0n) is 17.7. The summed E-state index contributed by atoms with van der Waals surface area (Å²) in [6.45, 7) is 3.42. The van der Waals surface area contributed by atoms with Crippen molar-refractivity contribution < 1.29 is 4.79 Å². The lowest BCUT2D eigenvalue weighted by atomic mass is 9.90. The molecule has 2 heterocycles. The lowest BCUT2D eigenvalue weighted by Crippen LogP contribution is -2.45. The molecule has 2 atom stereocenters. The molecule has 3 aromatic carbocycles. The summed E-state index contributed by atoms with van der Waals surface area (Å²) < 4.78 is 0. The van der Waals surface area contributed by atoms with Crippen molar-refractivity contribution in [2.24, 2.45) is 0 Å². The number of rotatable bonds is 6. The number of carbonyl (C=O) groups is 1. The Morgan fingerprint density at radius 2 is 1.74 bits per heavy atom. The largest absolute Gasteiger partial charge is 0.361 e. The summed E-state index contributed by atoms with van der Waals surface area (Å²) in [5, 5.41) is 4.76. The van der Waals surface area contributed by atoms with E-state index in [9.17, 15) is 4.79 Å². The number of benzene rings is 3. The van der Waals surface area contributed by atoms with Crippen molar-refractivity contribution in [2.75, 3.05) is 18.0 Å². The minimum atomic E-state index is -0.262. The number of fused-ring (bicyclic) bond motifs is 2. The molecule has 4 nitrogen and oxygen atoms in total. The lowest BCUT2D eigenvalue weighted by molar-refractivity contribution is -0.120. The number of para-hydroxylation sites is 2. The lowest BCUT2D eigenvalue weighted by Gasteiger charge is -2.25. The summed E-state index contributed by atoms with van der Waals surface area (Å²) in [6.07, 6.45) is 3.03. The monoisotopic (exact) mass is 409 g/mol. The molecule has 156 valence electrons. The van der Waals surface area contributed by atoms with Gasteiger partial charge in [0.1, 0.15) is 0 Å². The van der Waals surface area contributed by atoms with Crippen molar-refractivity contribution in [1.82, 2.24) is 10.3 Å². The van der Waals surface area contributed by atoms with E-state index in [1.807, 2.05) is 42.2 Å². The van der Waals surface area contributed by atoms with Crippen LogP contribution < -0.4 is 10.2 Å². The fourth-order valence-corrected chi connectivity index (χ4v) is 4.66. The van der Waals surface area contributed by atoms with Crippen molar-refractivity contribution in [3.05, 3.63) is 102 Å². The molecule has 4 aromatic rings. The number of H-pyrrole nitrogens is 1. The number of hydrogen-bond acceptors (Lipinski definition) is 2. The second-order valence-corrected chi connectivity index (χ2v) is 8.25. The van der Waals surface area contributed by atoms with Crippen LogP contribution >= 0.6 is 0 Å². The van der Waals surface area contributed by atoms with Gasteiger partial charge in [0.25, 0.3) is 0 Å². The van der Waals surface area contributed by atoms with Gasteiger partial charge in [0.05, 0.1) is 6.04 Å². The molecule has 0 radical (unpaired) electrons. The van der Waals surface area contributed by atoms with Crippen LogP contribution in [0.3, 0.4) is 0 Å². The van der Waals surface area contributed by atoms with Gasteiger partial charge in [-0.3, -0.25) is 4.79 Å². The molecule has 0 aliphatic carbocycles. The van der Waals surface area contributed by atoms with Gasteiger partial charge >= 0.3 is 0 Å². The van der Waals surface area contributed by atoms with Crippen LogP contribution in [0.1, 0.15) is 29.5 Å². The summed E-state index contributed by atoms with van der Waals surface area (Å²) in [7, 11) is 0. The van der Waals surface area contributed by atoms with Gasteiger partial charge in [-0.05, 0) is 42.2 Å². The predicted octanol–water partition coefficient (Wildman–Crippen LogP) is 4.87. The van der Waals surface area contributed by atoms with Crippen molar-refractivity contribution in [3.63, 3.8) is 0 Å². The number of nitrogens with one attached hydrogen (secondary N) is 2. The molecular weight excluding hydrogens is 382 g/mol. The second kappa shape index (κ2) is 8.40. The topological polar surface area (TPSA) is 48.1 Å². The van der Waals surface area contributed by atoms with E-state index >= 15 is 0 Å². The maximum Gasteiger partial charge on any atom is 0.243 e. The molecule has 0 saturated heterocycles. The summed E-state index contributed by atoms with van der Waals surface area (Å²) in [5.41, 5.74) is 5.93. The summed E-state index contributed by atoms with van der Waals surface area (Å²) in [4.78, 5) is 18.5. The van der Waals surface area contributed by atoms with Crippen molar-refractivity contribution in [1.29, 1.82) is 0 Å². The van der Waals surface area contributed by atoms with Crippen molar-refractivity contribution >= 4 is 22.5 Å². The quantitative estimate of drug-likeness (QED) is 0.477. The van der Waals surface area contributed by atoms with Gasteiger partial charge in [0.15, 0.2) is 0 Å². The highest BCUT2D eigenvalue weighted by Crippen LogP contribution is 2.31. The van der Waals surface area contributed by atoms with Crippen LogP contribution in [0.5, 0.6) is 0 Å². The molecular formula is C27H27N3O. The molecule has 31 heavy (non-hydrogen) atoms. The van der Waals surface area contributed by atoms with Gasteiger partial charge in [-0.1, -0.05) is 66.7 Å². The third-order valence-electron chi connectivity index (χ3n) is 6.35. The first kappa shape index (κ1) is 19.6. The number of aromatic nitrogens is 1. The van der Waals surface area contributed by atoms with Crippen LogP contribution in [-0.2, 0) is 11.2 Å². The van der Waals surface area contributed by atoms with E-state index in [1.165, 1.54) is 22.1 Å². The molecule has 0 unspecified atom stereocenters. The minimum absolute atomic E-state index is 0.135. The molecule has 1 amide bonds. The Morgan fingerprint density at radius 3 is 2.61 bits per heavy atom. The summed E-state index contributed by atoms with van der Waals surface area (Å²) >= 11 is 0. The van der Waals surface area contributed by atoms with Crippen molar-refractivity contribution in [3.8, 4) is 0 Å². The van der Waals surface area contributed by atoms with Gasteiger partial charge < -0.3 is 15.2 Å². The maximum atomic E-state index is 13.2. The Bertz CT molecular complexity index is 1200. The third-order valence-corrected chi connectivity index (χ3v) is 6.35. The van der Waals surface area contributed by atoms with E-state index in [0.29, 0.717) is 6.54 Å². The van der Waals surface area contributed by atoms with Crippen LogP contribution in [0.2, 0.25) is 0 Å². The highest BCUT2D eigenvalue weighted by Gasteiger charge is 2.28. The normalized spacial score (nSPS) is 15.1. The van der Waals surface area contributed by atoms with E-state index in [1.54, 1.807) is 0 Å². The highest BCUT2D eigenvalue weighted by molar-refractivity contribution is 5.98. The zero-order valence-corrected chi connectivity index (χ0v) is 17.7. The Hall–Kier alpha value is -3.37. The molecule has 1 aliphatic rings. The standard InChI is InChI=1S/C27H27N3O/c1-19(27(31)30-16-15-21-11-5-8-14-26(21)30)28-17-23(20-9-3-2-4-10-20)24-18-29-25-13-7-6-12-22(24)25/h2-14,18-19,23,28-29H,15-17H2,1H3/t19-,23-/m1/s1. The SMILES string of the molecule is C[C@@H](NC[C@H](c1ccccc1)c1c[nH]c2ccccc12)C(=O)N1CCc2ccccc21. The van der Waals surface area contributed by atoms with E-state index in [2.05, 4.69) is 65.0 Å². The Balaban J connectivity index is 1.37. The number of nitrogens with zero attached hydrogens (tertiary/aromatic N) is 1. The van der Waals surface area contributed by atoms with Gasteiger partial charge in [-0.15, -0.1) is 0 Å². The predicted molar refractivity (Wildman–Crippen MR) is 127 cm³/mol. The first-order chi connectivity index (χ1) is 15.2. The number of carbonyl (C=O) groups excluding carboxylic acids is 1. The van der Waals surface area contributed by atoms with Crippen LogP contribution in [-0.4, -0.2) is 30.0 Å². The van der Waals surface area contributed by atoms with Gasteiger partial charge in [0.2, 0.25) is 5.91 Å². The number of aromatic amines is 1. The van der Waals surface area contributed by atoms with Crippen molar-refractivity contribution in [2.45, 2.75) is 25.3 Å². The summed E-state index contributed by atoms with van der Waals surface area (Å²) in [5.74, 6) is 0.286. The Labute approximate surface area is 182 Å². The van der Waals surface area contributed by atoms with Gasteiger partial charge in [-0.25, -0.2) is 0 Å². The minimum Gasteiger partial charge on any atom is -0.361 e. The molecule has 0 saturated carbocycles. The molecule has 0 fully saturated rings. The average Bonchev–Trinajstić information content (AvgIpc) is 3.44. The fraction of sp³-hybridized carbons (Fsp3) is 0.222. The number of anilines is 1. The third kappa shape index (κ3) is 3.75. The van der Waals surface area contributed by atoms with Gasteiger partial charge in [0, 0.05) is 41.8 Å². The molecule has 1 aliphatic heterocycles. The molecule has 0 spiro atoms. The first-order valence-electron chi connectivity index (χ1n) is 11.0. The second-order valence-electron chi connectivity index (χ2n) is 8.25.